The molecule has 5 rings (SSSR count). The Kier molecular flexibility index (Phi) is 7.20. The number of amides is 1. The summed E-state index contributed by atoms with van der Waals surface area (Å²) < 4.78 is 1.79. The molecule has 1 aliphatic carbocycles. The van der Waals surface area contributed by atoms with E-state index in [9.17, 15) is 4.79 Å². The quantitative estimate of drug-likeness (QED) is 0.279. The Morgan fingerprint density at radius 2 is 1.69 bits per heavy atom. The Labute approximate surface area is 225 Å². The number of nitrogens with one attached hydrogen (secondary N) is 1. The lowest BCUT2D eigenvalue weighted by atomic mass is 9.89. The predicted molar refractivity (Wildman–Crippen MR) is 148 cm³/mol. The van der Waals surface area contributed by atoms with Crippen molar-refractivity contribution in [2.75, 3.05) is 0 Å². The average molecular weight is 537 g/mol. The van der Waals surface area contributed by atoms with Gasteiger partial charge in [0.1, 0.15) is 0 Å². The highest BCUT2D eigenvalue weighted by Crippen LogP contribution is 2.38. The Balaban J connectivity index is 1.61. The Morgan fingerprint density at radius 3 is 2.42 bits per heavy atom. The monoisotopic (exact) mass is 535 g/mol. The summed E-state index contributed by atoms with van der Waals surface area (Å²) >= 11 is 18.9. The molecule has 0 bridgehead atoms. The summed E-state index contributed by atoms with van der Waals surface area (Å²) in [4.78, 5) is 13.5. The molecule has 182 valence electrons. The second-order valence-corrected chi connectivity index (χ2v) is 10.1. The van der Waals surface area contributed by atoms with Gasteiger partial charge in [-0.2, -0.15) is 5.10 Å². The van der Waals surface area contributed by atoms with Crippen LogP contribution in [-0.4, -0.2) is 15.7 Å². The third-order valence-electron chi connectivity index (χ3n) is 6.37. The largest absolute Gasteiger partial charge is 0.344 e. The number of benzene rings is 3. The van der Waals surface area contributed by atoms with E-state index in [-0.39, 0.29) is 11.9 Å². The number of hydrogen-bond donors (Lipinski definition) is 1. The van der Waals surface area contributed by atoms with Crippen LogP contribution in [0.4, 0.5) is 0 Å². The molecule has 3 aromatic carbocycles. The molecular weight excluding hydrogens is 513 g/mol. The fourth-order valence-electron chi connectivity index (χ4n) is 4.59. The van der Waals surface area contributed by atoms with Crippen molar-refractivity contribution in [2.45, 2.75) is 32.2 Å². The second kappa shape index (κ2) is 10.5. The number of rotatable bonds is 5. The number of hydrogen-bond acceptors (Lipinski definition) is 2. The summed E-state index contributed by atoms with van der Waals surface area (Å²) in [6.07, 6.45) is 4.65. The van der Waals surface area contributed by atoms with Gasteiger partial charge in [0.15, 0.2) is 5.69 Å². The molecule has 0 saturated heterocycles. The van der Waals surface area contributed by atoms with E-state index in [2.05, 4.69) is 11.4 Å². The van der Waals surface area contributed by atoms with Gasteiger partial charge in [-0.25, -0.2) is 4.68 Å². The summed E-state index contributed by atoms with van der Waals surface area (Å²) in [5, 5.41) is 9.63. The van der Waals surface area contributed by atoms with Crippen LogP contribution in [0.5, 0.6) is 0 Å². The summed E-state index contributed by atoms with van der Waals surface area (Å²) in [6.45, 7) is 1.97. The number of nitrogens with zero attached hydrogens (tertiary/aromatic N) is 2. The van der Waals surface area contributed by atoms with Gasteiger partial charge < -0.3 is 5.32 Å². The van der Waals surface area contributed by atoms with Crippen molar-refractivity contribution in [3.63, 3.8) is 0 Å². The van der Waals surface area contributed by atoms with E-state index < -0.39 is 0 Å². The van der Waals surface area contributed by atoms with Gasteiger partial charge in [0.05, 0.1) is 22.4 Å². The molecule has 4 aromatic rings. The molecule has 0 unspecified atom stereocenters. The third kappa shape index (κ3) is 5.08. The van der Waals surface area contributed by atoms with Gasteiger partial charge in [0.25, 0.3) is 5.91 Å². The summed E-state index contributed by atoms with van der Waals surface area (Å²) in [5.74, 6) is -0.209. The molecule has 1 atom stereocenters. The number of carbonyl (C=O) groups excluding carboxylic acids is 1. The van der Waals surface area contributed by atoms with Gasteiger partial charge in [-0.1, -0.05) is 77.3 Å². The molecule has 1 aromatic heterocycles. The maximum absolute atomic E-state index is 13.5. The van der Waals surface area contributed by atoms with Crippen molar-refractivity contribution < 1.29 is 4.79 Å². The van der Waals surface area contributed by atoms with Crippen molar-refractivity contribution in [3.05, 3.63) is 116 Å². The number of fused-ring (bicyclic) bond motifs is 1. The number of aromatic nitrogens is 2. The highest BCUT2D eigenvalue weighted by Gasteiger charge is 2.29. The molecule has 0 saturated carbocycles. The van der Waals surface area contributed by atoms with Crippen LogP contribution in [0.25, 0.3) is 17.3 Å². The number of carbonyl (C=O) groups is 1. The van der Waals surface area contributed by atoms with Crippen LogP contribution in [0.1, 0.15) is 58.7 Å². The third-order valence-corrected chi connectivity index (χ3v) is 7.16. The lowest BCUT2D eigenvalue weighted by Crippen LogP contribution is -2.28. The zero-order valence-electron chi connectivity index (χ0n) is 19.6. The van der Waals surface area contributed by atoms with E-state index in [4.69, 9.17) is 39.9 Å². The molecule has 0 spiro atoms. The topological polar surface area (TPSA) is 46.9 Å². The van der Waals surface area contributed by atoms with E-state index in [1.807, 2.05) is 67.6 Å². The average Bonchev–Trinajstić information content (AvgIpc) is 3.26. The van der Waals surface area contributed by atoms with Gasteiger partial charge in [-0.15, -0.1) is 0 Å². The van der Waals surface area contributed by atoms with E-state index in [0.717, 1.165) is 47.2 Å². The minimum atomic E-state index is -0.209. The maximum atomic E-state index is 13.5. The molecule has 36 heavy (non-hydrogen) atoms. The first-order valence-corrected chi connectivity index (χ1v) is 12.9. The van der Waals surface area contributed by atoms with Gasteiger partial charge >= 0.3 is 0 Å². The Morgan fingerprint density at radius 1 is 0.972 bits per heavy atom. The van der Waals surface area contributed by atoms with Gasteiger partial charge in [-0.3, -0.25) is 4.79 Å². The zero-order valence-corrected chi connectivity index (χ0v) is 21.9. The summed E-state index contributed by atoms with van der Waals surface area (Å²) in [5.41, 5.74) is 6.07. The molecular formula is C29H24Cl3N3O. The van der Waals surface area contributed by atoms with E-state index in [1.165, 1.54) is 0 Å². The van der Waals surface area contributed by atoms with E-state index in [1.54, 1.807) is 16.8 Å². The zero-order chi connectivity index (χ0) is 25.2. The summed E-state index contributed by atoms with van der Waals surface area (Å²) in [7, 11) is 0. The highest BCUT2D eigenvalue weighted by molar-refractivity contribution is 6.35. The molecule has 7 heteroatoms. The minimum absolute atomic E-state index is 0.161. The predicted octanol–water partition coefficient (Wildman–Crippen LogP) is 8.20. The molecule has 1 heterocycles. The molecule has 0 fully saturated rings. The lowest BCUT2D eigenvalue weighted by Gasteiger charge is -2.19. The SMILES string of the molecule is C[C@@H](NC(=O)c1nn(-c2ccc(Cl)cc2Cl)c2c1CCCC2=Cc1ccc(Cl)cc1)c1ccccc1. The molecule has 1 N–H and O–H groups in total. The van der Waals surface area contributed by atoms with Gasteiger partial charge in [-0.05, 0) is 79.3 Å². The van der Waals surface area contributed by atoms with Gasteiger partial charge in [0, 0.05) is 15.6 Å². The van der Waals surface area contributed by atoms with Crippen molar-refractivity contribution in [1.29, 1.82) is 0 Å². The van der Waals surface area contributed by atoms with Crippen LogP contribution in [0, 0.1) is 0 Å². The van der Waals surface area contributed by atoms with E-state index in [0.29, 0.717) is 26.4 Å². The first-order chi connectivity index (χ1) is 17.4. The normalized spacial score (nSPS) is 14.9. The standard InChI is InChI=1S/C29H24Cl3N3O/c1-18(20-6-3-2-4-7-20)33-29(36)27-24-9-5-8-21(16-19-10-12-22(30)13-11-19)28(24)35(34-27)26-15-14-23(31)17-25(26)32/h2-4,6-7,10-18H,5,8-9H2,1H3,(H,33,36)/t18-/m1/s1. The highest BCUT2D eigenvalue weighted by atomic mass is 35.5. The molecule has 1 aliphatic rings. The van der Waals surface area contributed by atoms with Crippen LogP contribution in [-0.2, 0) is 6.42 Å². The summed E-state index contributed by atoms with van der Waals surface area (Å²) in [6, 6.07) is 22.7. The van der Waals surface area contributed by atoms with Crippen LogP contribution in [0.15, 0.2) is 72.8 Å². The Bertz CT molecular complexity index is 1440. The number of halogens is 3. The van der Waals surface area contributed by atoms with Crippen LogP contribution in [0.3, 0.4) is 0 Å². The van der Waals surface area contributed by atoms with Crippen molar-refractivity contribution in [2.24, 2.45) is 0 Å². The maximum Gasteiger partial charge on any atom is 0.272 e. The lowest BCUT2D eigenvalue weighted by molar-refractivity contribution is 0.0933. The number of allylic oxidation sites excluding steroid dienone is 1. The molecule has 0 radical (unpaired) electrons. The van der Waals surface area contributed by atoms with Crippen molar-refractivity contribution in [1.82, 2.24) is 15.1 Å². The molecule has 1 amide bonds. The van der Waals surface area contributed by atoms with Crippen LogP contribution < -0.4 is 5.32 Å². The van der Waals surface area contributed by atoms with Crippen LogP contribution in [0.2, 0.25) is 15.1 Å². The first kappa shape index (κ1) is 24.6. The first-order valence-electron chi connectivity index (χ1n) is 11.8. The molecule has 0 aliphatic heterocycles. The smallest absolute Gasteiger partial charge is 0.272 e. The fourth-order valence-corrected chi connectivity index (χ4v) is 5.21. The van der Waals surface area contributed by atoms with Crippen LogP contribution >= 0.6 is 34.8 Å². The van der Waals surface area contributed by atoms with Crippen molar-refractivity contribution in [3.8, 4) is 5.69 Å². The minimum Gasteiger partial charge on any atom is -0.344 e. The van der Waals surface area contributed by atoms with Gasteiger partial charge in [0.2, 0.25) is 0 Å². The van der Waals surface area contributed by atoms with E-state index >= 15 is 0 Å². The second-order valence-electron chi connectivity index (χ2n) is 8.86. The van der Waals surface area contributed by atoms with Crippen molar-refractivity contribution >= 4 is 52.4 Å². The molecule has 4 nitrogen and oxygen atoms in total. The fraction of sp³-hybridized carbons (Fsp3) is 0.172. The Hall–Kier alpha value is -3.05.